The Morgan fingerprint density at radius 1 is 1.04 bits per heavy atom. The first kappa shape index (κ1) is 16.3. The third-order valence-electron chi connectivity index (χ3n) is 6.35. The van der Waals surface area contributed by atoms with E-state index in [9.17, 15) is 13.6 Å². The Morgan fingerprint density at radius 2 is 1.65 bits per heavy atom. The summed E-state index contributed by atoms with van der Waals surface area (Å²) >= 11 is 0. The molecule has 0 aromatic heterocycles. The molecule has 1 aromatic rings. The summed E-state index contributed by atoms with van der Waals surface area (Å²) in [7, 11) is 0. The van der Waals surface area contributed by atoms with Gasteiger partial charge in [-0.3, -0.25) is 4.79 Å². The van der Waals surface area contributed by atoms with Gasteiger partial charge in [-0.15, -0.1) is 8.78 Å². The lowest BCUT2D eigenvalue weighted by Crippen LogP contribution is -2.59. The van der Waals surface area contributed by atoms with Crippen molar-refractivity contribution in [3.8, 4) is 11.5 Å². The maximum Gasteiger partial charge on any atom is 0.586 e. The normalized spacial score (nSPS) is 35.5. The minimum atomic E-state index is -3.65. The molecule has 1 aliphatic heterocycles. The van der Waals surface area contributed by atoms with Crippen molar-refractivity contribution < 1.29 is 23.0 Å². The van der Waals surface area contributed by atoms with Gasteiger partial charge in [-0.2, -0.15) is 0 Å². The van der Waals surface area contributed by atoms with Crippen LogP contribution < -0.4 is 20.1 Å². The lowest BCUT2D eigenvalue weighted by molar-refractivity contribution is -0.286. The summed E-state index contributed by atoms with van der Waals surface area (Å²) in [6.07, 6.45) is 3.94. The topological polar surface area (TPSA) is 59.6 Å². The van der Waals surface area contributed by atoms with Crippen LogP contribution in [0.2, 0.25) is 0 Å². The summed E-state index contributed by atoms with van der Waals surface area (Å²) in [5, 5.41) is 6.27. The van der Waals surface area contributed by atoms with Crippen LogP contribution in [0, 0.1) is 17.8 Å². The molecule has 1 heterocycles. The number of hydrogen-bond donors (Lipinski definition) is 2. The van der Waals surface area contributed by atoms with Gasteiger partial charge in [0.15, 0.2) is 11.5 Å². The number of carbonyl (C=O) groups excluding carboxylic acids is 1. The molecule has 5 aliphatic rings. The van der Waals surface area contributed by atoms with Gasteiger partial charge in [0.25, 0.3) is 0 Å². The zero-order chi connectivity index (χ0) is 17.9. The number of ether oxygens (including phenoxy) is 2. The molecule has 0 unspecified atom stereocenters. The smallest absolute Gasteiger partial charge is 0.395 e. The van der Waals surface area contributed by atoms with Crippen molar-refractivity contribution in [2.45, 2.75) is 50.4 Å². The van der Waals surface area contributed by atoms with Gasteiger partial charge in [-0.25, -0.2) is 0 Å². The average molecular weight is 364 g/mol. The summed E-state index contributed by atoms with van der Waals surface area (Å²) < 4.78 is 34.9. The number of benzene rings is 1. The molecule has 2 N–H and O–H groups in total. The van der Waals surface area contributed by atoms with E-state index in [0.717, 1.165) is 17.8 Å². The highest BCUT2D eigenvalue weighted by Crippen LogP contribution is 2.55. The fourth-order valence-electron chi connectivity index (χ4n) is 5.83. The standard InChI is InChI=1S/C19H22F2N2O3/c20-19(21)25-15-2-1-14(6-16(15)26-19)23-17(24)10-22-18-7-11-3-12(8-18)5-13(4-11)9-18/h1-2,6,11-13,22H,3-5,7-10H2,(H,23,24). The molecule has 4 aliphatic carbocycles. The Labute approximate surface area is 150 Å². The lowest BCUT2D eigenvalue weighted by Gasteiger charge is -2.57. The molecule has 4 bridgehead atoms. The first-order chi connectivity index (χ1) is 12.4. The van der Waals surface area contributed by atoms with Crippen LogP contribution in [-0.2, 0) is 4.79 Å². The van der Waals surface area contributed by atoms with Gasteiger partial charge in [0.2, 0.25) is 5.91 Å². The molecule has 140 valence electrons. The number of nitrogens with one attached hydrogen (secondary N) is 2. The van der Waals surface area contributed by atoms with Crippen LogP contribution in [-0.4, -0.2) is 24.3 Å². The molecule has 4 saturated carbocycles. The van der Waals surface area contributed by atoms with Gasteiger partial charge in [0.05, 0.1) is 6.54 Å². The second kappa shape index (κ2) is 5.55. The molecule has 26 heavy (non-hydrogen) atoms. The predicted octanol–water partition coefficient (Wildman–Crippen LogP) is 3.51. The van der Waals surface area contributed by atoms with Crippen LogP contribution in [0.1, 0.15) is 38.5 Å². The largest absolute Gasteiger partial charge is 0.586 e. The van der Waals surface area contributed by atoms with Crippen molar-refractivity contribution in [2.24, 2.45) is 17.8 Å². The molecule has 7 heteroatoms. The highest BCUT2D eigenvalue weighted by molar-refractivity contribution is 5.92. The molecule has 0 saturated heterocycles. The maximum atomic E-state index is 13.1. The maximum absolute atomic E-state index is 13.1. The third-order valence-corrected chi connectivity index (χ3v) is 6.35. The summed E-state index contributed by atoms with van der Waals surface area (Å²) in [5.74, 6) is 2.17. The summed E-state index contributed by atoms with van der Waals surface area (Å²) in [5.41, 5.74) is 0.533. The van der Waals surface area contributed by atoms with Crippen molar-refractivity contribution in [3.63, 3.8) is 0 Å². The van der Waals surface area contributed by atoms with Crippen LogP contribution in [0.4, 0.5) is 14.5 Å². The van der Waals surface area contributed by atoms with E-state index in [1.54, 1.807) is 0 Å². The average Bonchev–Trinajstić information content (AvgIpc) is 2.85. The van der Waals surface area contributed by atoms with E-state index in [1.165, 1.54) is 56.7 Å². The first-order valence-electron chi connectivity index (χ1n) is 9.33. The molecular weight excluding hydrogens is 342 g/mol. The van der Waals surface area contributed by atoms with Crippen LogP contribution in [0.3, 0.4) is 0 Å². The summed E-state index contributed by atoms with van der Waals surface area (Å²) in [6.45, 7) is 0.233. The van der Waals surface area contributed by atoms with E-state index < -0.39 is 6.29 Å². The molecule has 6 rings (SSSR count). The number of anilines is 1. The van der Waals surface area contributed by atoms with E-state index in [-0.39, 0.29) is 29.5 Å². The van der Waals surface area contributed by atoms with Gasteiger partial charge < -0.3 is 20.1 Å². The van der Waals surface area contributed by atoms with Crippen molar-refractivity contribution in [2.75, 3.05) is 11.9 Å². The lowest BCUT2D eigenvalue weighted by atomic mass is 9.53. The number of amides is 1. The SMILES string of the molecule is O=C(CNC12CC3CC(CC(C3)C1)C2)Nc1ccc2c(c1)OC(F)(F)O2. The molecular formula is C19H22F2N2O3. The Balaban J connectivity index is 1.20. The number of carbonyl (C=O) groups is 1. The van der Waals surface area contributed by atoms with Gasteiger partial charge in [-0.1, -0.05) is 0 Å². The number of hydrogen-bond acceptors (Lipinski definition) is 4. The Bertz CT molecular complexity index is 717. The molecule has 0 atom stereocenters. The second-order valence-electron chi connectivity index (χ2n) is 8.43. The third kappa shape index (κ3) is 2.92. The minimum Gasteiger partial charge on any atom is -0.395 e. The molecule has 1 aromatic carbocycles. The number of alkyl halides is 2. The first-order valence-corrected chi connectivity index (χ1v) is 9.33. The Kier molecular flexibility index (Phi) is 3.48. The molecule has 5 nitrogen and oxygen atoms in total. The van der Waals surface area contributed by atoms with E-state index in [2.05, 4.69) is 20.1 Å². The highest BCUT2D eigenvalue weighted by Gasteiger charge is 2.50. The number of rotatable bonds is 4. The zero-order valence-corrected chi connectivity index (χ0v) is 14.4. The van der Waals surface area contributed by atoms with Crippen LogP contribution >= 0.6 is 0 Å². The molecule has 4 fully saturated rings. The summed E-state index contributed by atoms with van der Waals surface area (Å²) in [4.78, 5) is 12.3. The van der Waals surface area contributed by atoms with Crippen molar-refractivity contribution in [1.82, 2.24) is 5.32 Å². The van der Waals surface area contributed by atoms with Crippen LogP contribution in [0.15, 0.2) is 18.2 Å². The quantitative estimate of drug-likeness (QED) is 0.858. The second-order valence-corrected chi connectivity index (χ2v) is 8.43. The van der Waals surface area contributed by atoms with Gasteiger partial charge >= 0.3 is 6.29 Å². The monoisotopic (exact) mass is 364 g/mol. The highest BCUT2D eigenvalue weighted by atomic mass is 19.3. The van der Waals surface area contributed by atoms with Crippen LogP contribution in [0.25, 0.3) is 0 Å². The fraction of sp³-hybridized carbons (Fsp3) is 0.632. The van der Waals surface area contributed by atoms with Gasteiger partial charge in [0, 0.05) is 17.3 Å². The minimum absolute atomic E-state index is 0.0281. The number of halogens is 2. The summed E-state index contributed by atoms with van der Waals surface area (Å²) in [6, 6.07) is 4.27. The van der Waals surface area contributed by atoms with Crippen LogP contribution in [0.5, 0.6) is 11.5 Å². The van der Waals surface area contributed by atoms with E-state index in [4.69, 9.17) is 0 Å². The predicted molar refractivity (Wildman–Crippen MR) is 90.2 cm³/mol. The number of fused-ring (bicyclic) bond motifs is 1. The van der Waals surface area contributed by atoms with Crippen molar-refractivity contribution >= 4 is 11.6 Å². The van der Waals surface area contributed by atoms with Gasteiger partial charge in [-0.05, 0) is 68.4 Å². The van der Waals surface area contributed by atoms with Crippen molar-refractivity contribution in [3.05, 3.63) is 18.2 Å². The fourth-order valence-corrected chi connectivity index (χ4v) is 5.83. The Hall–Kier alpha value is -1.89. The zero-order valence-electron chi connectivity index (χ0n) is 14.4. The van der Waals surface area contributed by atoms with Crippen molar-refractivity contribution in [1.29, 1.82) is 0 Å². The Morgan fingerprint density at radius 3 is 2.31 bits per heavy atom. The van der Waals surface area contributed by atoms with Gasteiger partial charge in [0.1, 0.15) is 0 Å². The molecule has 0 radical (unpaired) electrons. The molecule has 0 spiro atoms. The van der Waals surface area contributed by atoms with E-state index >= 15 is 0 Å². The van der Waals surface area contributed by atoms with E-state index in [0.29, 0.717) is 5.69 Å². The van der Waals surface area contributed by atoms with E-state index in [1.807, 2.05) is 0 Å². The molecule has 1 amide bonds.